The summed E-state index contributed by atoms with van der Waals surface area (Å²) in [5, 5.41) is 17.9. The van der Waals surface area contributed by atoms with E-state index in [1.165, 1.54) is 11.3 Å². The van der Waals surface area contributed by atoms with Crippen LogP contribution in [0.5, 0.6) is 5.75 Å². The Bertz CT molecular complexity index is 1260. The first-order valence-corrected chi connectivity index (χ1v) is 11.7. The van der Waals surface area contributed by atoms with E-state index >= 15 is 0 Å². The van der Waals surface area contributed by atoms with Crippen molar-refractivity contribution in [1.29, 1.82) is 0 Å². The number of thiazole rings is 1. The molecule has 0 aliphatic carbocycles. The number of anilines is 1. The fraction of sp³-hybridized carbons (Fsp3) is 0.455. The first kappa shape index (κ1) is 20.9. The number of hydrogen-bond donors (Lipinski definition) is 2. The van der Waals surface area contributed by atoms with Gasteiger partial charge < -0.3 is 15.0 Å². The van der Waals surface area contributed by atoms with Gasteiger partial charge in [0.25, 0.3) is 0 Å². The zero-order valence-electron chi connectivity index (χ0n) is 19.0. The van der Waals surface area contributed by atoms with E-state index in [1.54, 1.807) is 23.0 Å². The van der Waals surface area contributed by atoms with E-state index in [0.717, 1.165) is 52.9 Å². The first-order valence-electron chi connectivity index (χ1n) is 10.9. The molecule has 1 aliphatic heterocycles. The van der Waals surface area contributed by atoms with Gasteiger partial charge >= 0.3 is 0 Å². The number of ether oxygens (including phenoxy) is 1. The Labute approximate surface area is 190 Å². The van der Waals surface area contributed by atoms with Crippen LogP contribution in [0.1, 0.15) is 37.9 Å². The molecule has 0 aromatic carbocycles. The Morgan fingerprint density at radius 1 is 1.31 bits per heavy atom. The third-order valence-corrected chi connectivity index (χ3v) is 7.17. The van der Waals surface area contributed by atoms with Crippen LogP contribution >= 0.6 is 11.3 Å². The van der Waals surface area contributed by atoms with Crippen LogP contribution in [0, 0.1) is 6.92 Å². The molecule has 5 rings (SSSR count). The van der Waals surface area contributed by atoms with Crippen LogP contribution in [0.15, 0.2) is 18.6 Å². The van der Waals surface area contributed by atoms with Gasteiger partial charge in [-0.1, -0.05) is 25.2 Å². The summed E-state index contributed by atoms with van der Waals surface area (Å²) in [6.45, 7) is 11.7. The fourth-order valence-electron chi connectivity index (χ4n) is 4.38. The van der Waals surface area contributed by atoms with Gasteiger partial charge in [-0.15, -0.1) is 0 Å². The van der Waals surface area contributed by atoms with E-state index in [-0.39, 0.29) is 5.92 Å². The number of rotatable bonds is 5. The molecule has 1 fully saturated rings. The van der Waals surface area contributed by atoms with Crippen LogP contribution in [-0.4, -0.2) is 62.6 Å². The van der Waals surface area contributed by atoms with Crippen molar-refractivity contribution in [2.75, 3.05) is 31.6 Å². The van der Waals surface area contributed by atoms with Gasteiger partial charge in [0, 0.05) is 43.0 Å². The number of aryl methyl sites for hydroxylation is 1. The quantitative estimate of drug-likeness (QED) is 0.478. The molecule has 4 aromatic heterocycles. The van der Waals surface area contributed by atoms with Crippen molar-refractivity contribution in [2.24, 2.45) is 0 Å². The second-order valence-corrected chi connectivity index (χ2v) is 9.47. The first-order chi connectivity index (χ1) is 15.5. The Morgan fingerprint density at radius 3 is 2.91 bits per heavy atom. The zero-order chi connectivity index (χ0) is 22.4. The largest absolute Gasteiger partial charge is 0.493 e. The molecular formula is C22H28N8OS. The van der Waals surface area contributed by atoms with Crippen LogP contribution in [0.4, 0.5) is 5.00 Å². The molecule has 0 saturated carbocycles. The van der Waals surface area contributed by atoms with E-state index in [0.29, 0.717) is 17.4 Å². The van der Waals surface area contributed by atoms with Crippen LogP contribution in [0.25, 0.3) is 27.6 Å². The monoisotopic (exact) mass is 452 g/mol. The lowest BCUT2D eigenvalue weighted by molar-refractivity contribution is 0.416. The molecule has 9 nitrogen and oxygen atoms in total. The summed E-state index contributed by atoms with van der Waals surface area (Å²) in [4.78, 5) is 11.7. The average molecular weight is 453 g/mol. The number of H-pyrrole nitrogens is 1. The van der Waals surface area contributed by atoms with E-state index in [4.69, 9.17) is 14.8 Å². The number of aromatic nitrogens is 6. The van der Waals surface area contributed by atoms with Crippen LogP contribution < -0.4 is 15.0 Å². The summed E-state index contributed by atoms with van der Waals surface area (Å²) >= 11 is 1.73. The normalized spacial score (nSPS) is 16.9. The standard InChI is InChI=1S/C22H28N8OS/c1-12(2)17-18(15-8-16(31-5)20-24-11-25-30(20)10-15)27-28-19(17)21-26-14(4)22(32-21)29-7-6-23-9-13(29)3/h8,10-13,23H,6-7,9H2,1-5H3,(H,27,28). The highest BCUT2D eigenvalue weighted by molar-refractivity contribution is 7.19. The highest BCUT2D eigenvalue weighted by atomic mass is 32.1. The summed E-state index contributed by atoms with van der Waals surface area (Å²) in [7, 11) is 1.65. The van der Waals surface area contributed by atoms with Gasteiger partial charge in [0.05, 0.1) is 18.5 Å². The minimum atomic E-state index is 0.252. The molecule has 0 bridgehead atoms. The van der Waals surface area contributed by atoms with Crippen molar-refractivity contribution in [2.45, 2.75) is 39.7 Å². The predicted molar refractivity (Wildman–Crippen MR) is 127 cm³/mol. The number of nitrogens with one attached hydrogen (secondary N) is 2. The molecule has 32 heavy (non-hydrogen) atoms. The number of hydrogen-bond acceptors (Lipinski definition) is 8. The van der Waals surface area contributed by atoms with Gasteiger partial charge in [0.15, 0.2) is 11.4 Å². The van der Waals surface area contributed by atoms with E-state index in [9.17, 15) is 0 Å². The molecule has 0 spiro atoms. The number of piperazine rings is 1. The van der Waals surface area contributed by atoms with Crippen molar-refractivity contribution < 1.29 is 4.74 Å². The summed E-state index contributed by atoms with van der Waals surface area (Å²) in [6.07, 6.45) is 3.48. The molecule has 1 aliphatic rings. The predicted octanol–water partition coefficient (Wildman–Crippen LogP) is 3.48. The maximum Gasteiger partial charge on any atom is 0.197 e. The van der Waals surface area contributed by atoms with Crippen molar-refractivity contribution in [3.05, 3.63) is 29.8 Å². The smallest absolute Gasteiger partial charge is 0.197 e. The average Bonchev–Trinajstić information content (AvgIpc) is 3.51. The van der Waals surface area contributed by atoms with E-state index in [2.05, 4.69) is 53.1 Å². The van der Waals surface area contributed by atoms with Gasteiger partial charge in [0.1, 0.15) is 22.0 Å². The lowest BCUT2D eigenvalue weighted by atomic mass is 9.97. The highest BCUT2D eigenvalue weighted by Crippen LogP contribution is 2.41. The zero-order valence-corrected chi connectivity index (χ0v) is 19.8. The Hall–Kier alpha value is -2.98. The Morgan fingerprint density at radius 2 is 2.16 bits per heavy atom. The van der Waals surface area contributed by atoms with Crippen molar-refractivity contribution >= 4 is 22.0 Å². The minimum Gasteiger partial charge on any atom is -0.493 e. The van der Waals surface area contributed by atoms with Gasteiger partial charge in [-0.2, -0.15) is 10.2 Å². The summed E-state index contributed by atoms with van der Waals surface area (Å²) < 4.78 is 7.29. The second-order valence-electron chi connectivity index (χ2n) is 8.50. The molecule has 1 saturated heterocycles. The number of pyridine rings is 1. The number of aromatic amines is 1. The number of methoxy groups -OCH3 is 1. The lowest BCUT2D eigenvalue weighted by Gasteiger charge is -2.34. The maximum atomic E-state index is 5.56. The van der Waals surface area contributed by atoms with E-state index < -0.39 is 0 Å². The summed E-state index contributed by atoms with van der Waals surface area (Å²) in [5.74, 6) is 0.924. The van der Waals surface area contributed by atoms with Crippen LogP contribution in [0.3, 0.4) is 0 Å². The summed E-state index contributed by atoms with van der Waals surface area (Å²) in [6, 6.07) is 2.42. The fourth-order valence-corrected chi connectivity index (χ4v) is 5.58. The lowest BCUT2D eigenvalue weighted by Crippen LogP contribution is -2.49. The molecule has 0 radical (unpaired) electrons. The van der Waals surface area contributed by atoms with Crippen molar-refractivity contribution in [1.82, 2.24) is 35.1 Å². The molecule has 1 atom stereocenters. The van der Waals surface area contributed by atoms with Gasteiger partial charge in [-0.25, -0.2) is 14.5 Å². The maximum absolute atomic E-state index is 5.56. The molecular weight excluding hydrogens is 424 g/mol. The molecule has 0 amide bonds. The van der Waals surface area contributed by atoms with E-state index in [1.807, 2.05) is 12.3 Å². The molecule has 10 heteroatoms. The molecule has 4 aromatic rings. The number of nitrogens with zero attached hydrogens (tertiary/aromatic N) is 6. The third-order valence-electron chi connectivity index (χ3n) is 5.97. The minimum absolute atomic E-state index is 0.252. The van der Waals surface area contributed by atoms with Crippen molar-refractivity contribution in [3.63, 3.8) is 0 Å². The Balaban J connectivity index is 1.60. The topological polar surface area (TPSA) is 96.3 Å². The second kappa shape index (κ2) is 8.18. The Kier molecular flexibility index (Phi) is 5.34. The van der Waals surface area contributed by atoms with Crippen LogP contribution in [-0.2, 0) is 0 Å². The van der Waals surface area contributed by atoms with Gasteiger partial charge in [0.2, 0.25) is 0 Å². The molecule has 1 unspecified atom stereocenters. The highest BCUT2D eigenvalue weighted by Gasteiger charge is 2.27. The number of fused-ring (bicyclic) bond motifs is 1. The molecule has 5 heterocycles. The summed E-state index contributed by atoms with van der Waals surface area (Å²) in [5.41, 5.74) is 5.70. The molecule has 2 N–H and O–H groups in total. The van der Waals surface area contributed by atoms with Gasteiger partial charge in [-0.05, 0) is 25.8 Å². The van der Waals surface area contributed by atoms with Gasteiger partial charge in [-0.3, -0.25) is 5.10 Å². The SMILES string of the molecule is COc1cc(-c2[nH]nc(-c3nc(C)c(N4CCNCC4C)s3)c2C(C)C)cn2ncnc12. The molecule has 168 valence electrons. The van der Waals surface area contributed by atoms with Crippen LogP contribution in [0.2, 0.25) is 0 Å². The van der Waals surface area contributed by atoms with Crippen molar-refractivity contribution in [3.8, 4) is 27.7 Å². The third kappa shape index (κ3) is 3.43.